The Morgan fingerprint density at radius 2 is 2.31 bits per heavy atom. The predicted molar refractivity (Wildman–Crippen MR) is 62.6 cm³/mol. The zero-order valence-electron chi connectivity index (χ0n) is 8.74. The Morgan fingerprint density at radius 1 is 1.50 bits per heavy atom. The maximum atomic E-state index is 9.20. The van der Waals surface area contributed by atoms with Gasteiger partial charge in [-0.05, 0) is 31.0 Å². The first-order valence-electron chi connectivity index (χ1n) is 5.22. The number of hydrogen-bond donors (Lipinski definition) is 1. The first kappa shape index (κ1) is 12.0. The molecule has 0 aliphatic carbocycles. The van der Waals surface area contributed by atoms with E-state index in [1.807, 2.05) is 0 Å². The van der Waals surface area contributed by atoms with Crippen LogP contribution in [-0.2, 0) is 6.54 Å². The summed E-state index contributed by atoms with van der Waals surface area (Å²) in [6.07, 6.45) is 3.78. The van der Waals surface area contributed by atoms with Crippen molar-refractivity contribution in [1.29, 1.82) is 0 Å². The van der Waals surface area contributed by atoms with Crippen LogP contribution in [-0.4, -0.2) is 39.2 Å². The van der Waals surface area contributed by atoms with E-state index >= 15 is 0 Å². The fraction of sp³-hybridized carbons (Fsp3) is 0.600. The fourth-order valence-electron chi connectivity index (χ4n) is 2.00. The van der Waals surface area contributed by atoms with Gasteiger partial charge in [-0.15, -0.1) is 0 Å². The second kappa shape index (κ2) is 5.27. The van der Waals surface area contributed by atoms with Crippen LogP contribution in [0.3, 0.4) is 0 Å². The molecule has 0 aromatic carbocycles. The Hall–Kier alpha value is -0.420. The van der Waals surface area contributed by atoms with Crippen LogP contribution >= 0.6 is 23.2 Å². The van der Waals surface area contributed by atoms with Gasteiger partial charge in [0, 0.05) is 24.3 Å². The molecule has 1 aliphatic heterocycles. The quantitative estimate of drug-likeness (QED) is 0.666. The number of hydrogen-bond acceptors (Lipinski definition) is 4. The van der Waals surface area contributed by atoms with Gasteiger partial charge in [0.1, 0.15) is 5.15 Å². The van der Waals surface area contributed by atoms with Crippen molar-refractivity contribution in [2.45, 2.75) is 25.4 Å². The molecular formula is C10H13Cl2N3O. The molecule has 0 spiro atoms. The average molecular weight is 262 g/mol. The van der Waals surface area contributed by atoms with Gasteiger partial charge < -0.3 is 5.11 Å². The number of aliphatic hydroxyl groups is 1. The maximum absolute atomic E-state index is 9.20. The standard InChI is InChI=1S/C10H13Cl2N3O/c11-9-7(4-13-10(12)14-9)5-15-3-1-2-8(15)6-16/h4,8,16H,1-3,5-6H2/t8-/m0/s1. The molecule has 1 saturated heterocycles. The Bertz CT molecular complexity index is 375. The molecule has 1 N–H and O–H groups in total. The van der Waals surface area contributed by atoms with Gasteiger partial charge in [0.2, 0.25) is 5.28 Å². The van der Waals surface area contributed by atoms with Crippen LogP contribution in [0.2, 0.25) is 10.4 Å². The molecule has 1 fully saturated rings. The van der Waals surface area contributed by atoms with Crippen LogP contribution in [0.5, 0.6) is 0 Å². The number of rotatable bonds is 3. The van der Waals surface area contributed by atoms with E-state index in [2.05, 4.69) is 14.9 Å². The second-order valence-corrected chi connectivity index (χ2v) is 4.60. The SMILES string of the molecule is OC[C@@H]1CCCN1Cc1cnc(Cl)nc1Cl. The van der Waals surface area contributed by atoms with Crippen molar-refractivity contribution in [3.63, 3.8) is 0 Å². The van der Waals surface area contributed by atoms with Gasteiger partial charge in [-0.1, -0.05) is 11.6 Å². The molecule has 16 heavy (non-hydrogen) atoms. The van der Waals surface area contributed by atoms with Crippen molar-refractivity contribution in [2.24, 2.45) is 0 Å². The summed E-state index contributed by atoms with van der Waals surface area (Å²) in [6, 6.07) is 0.228. The predicted octanol–water partition coefficient (Wildman–Crippen LogP) is 1.74. The van der Waals surface area contributed by atoms with Crippen molar-refractivity contribution >= 4 is 23.2 Å². The lowest BCUT2D eigenvalue weighted by atomic mass is 10.2. The maximum Gasteiger partial charge on any atom is 0.223 e. The second-order valence-electron chi connectivity index (χ2n) is 3.90. The van der Waals surface area contributed by atoms with Crippen molar-refractivity contribution in [3.8, 4) is 0 Å². The van der Waals surface area contributed by atoms with Gasteiger partial charge in [-0.2, -0.15) is 0 Å². The topological polar surface area (TPSA) is 49.2 Å². The minimum Gasteiger partial charge on any atom is -0.395 e. The minimum atomic E-state index is 0.161. The normalized spacial score (nSPS) is 21.6. The van der Waals surface area contributed by atoms with Crippen molar-refractivity contribution < 1.29 is 5.11 Å². The summed E-state index contributed by atoms with van der Waals surface area (Å²) in [7, 11) is 0. The van der Waals surface area contributed by atoms with Crippen LogP contribution in [0.25, 0.3) is 0 Å². The lowest BCUT2D eigenvalue weighted by Crippen LogP contribution is -2.31. The lowest BCUT2D eigenvalue weighted by Gasteiger charge is -2.22. The molecule has 2 heterocycles. The summed E-state index contributed by atoms with van der Waals surface area (Å²) < 4.78 is 0. The zero-order chi connectivity index (χ0) is 11.5. The highest BCUT2D eigenvalue weighted by molar-refractivity contribution is 6.32. The largest absolute Gasteiger partial charge is 0.395 e. The zero-order valence-corrected chi connectivity index (χ0v) is 10.2. The van der Waals surface area contributed by atoms with Crippen molar-refractivity contribution in [3.05, 3.63) is 22.2 Å². The molecule has 88 valence electrons. The van der Waals surface area contributed by atoms with E-state index < -0.39 is 0 Å². The van der Waals surface area contributed by atoms with Gasteiger partial charge >= 0.3 is 0 Å². The highest BCUT2D eigenvalue weighted by Gasteiger charge is 2.24. The molecule has 1 aliphatic rings. The number of aliphatic hydroxyl groups excluding tert-OH is 1. The third-order valence-corrected chi connectivity index (χ3v) is 3.37. The Labute approximate surface area is 104 Å². The highest BCUT2D eigenvalue weighted by Crippen LogP contribution is 2.22. The summed E-state index contributed by atoms with van der Waals surface area (Å²) in [5.74, 6) is 0. The fourth-order valence-corrected chi connectivity index (χ4v) is 2.37. The first-order chi connectivity index (χ1) is 7.70. The molecule has 0 radical (unpaired) electrons. The van der Waals surface area contributed by atoms with Gasteiger partial charge in [0.25, 0.3) is 0 Å². The number of likely N-dealkylation sites (tertiary alicyclic amines) is 1. The third kappa shape index (κ3) is 2.63. The minimum absolute atomic E-state index is 0.161. The monoisotopic (exact) mass is 261 g/mol. The first-order valence-corrected chi connectivity index (χ1v) is 5.98. The summed E-state index contributed by atoms with van der Waals surface area (Å²) in [5, 5.41) is 9.75. The van der Waals surface area contributed by atoms with Crippen LogP contribution in [0.15, 0.2) is 6.20 Å². The van der Waals surface area contributed by atoms with Gasteiger partial charge in [-0.3, -0.25) is 4.90 Å². The average Bonchev–Trinajstić information content (AvgIpc) is 2.69. The van der Waals surface area contributed by atoms with Crippen LogP contribution in [0, 0.1) is 0 Å². The molecule has 0 saturated carbocycles. The highest BCUT2D eigenvalue weighted by atomic mass is 35.5. The third-order valence-electron chi connectivity index (χ3n) is 2.87. The van der Waals surface area contributed by atoms with E-state index in [9.17, 15) is 5.11 Å². The van der Waals surface area contributed by atoms with Gasteiger partial charge in [0.15, 0.2) is 0 Å². The summed E-state index contributed by atoms with van der Waals surface area (Å²) in [6.45, 7) is 1.83. The van der Waals surface area contributed by atoms with Crippen molar-refractivity contribution in [2.75, 3.05) is 13.2 Å². The van der Waals surface area contributed by atoms with Crippen LogP contribution in [0.4, 0.5) is 0 Å². The summed E-state index contributed by atoms with van der Waals surface area (Å²) in [4.78, 5) is 10.0. The molecular weight excluding hydrogens is 249 g/mol. The van der Waals surface area contributed by atoms with E-state index in [0.29, 0.717) is 11.7 Å². The smallest absolute Gasteiger partial charge is 0.223 e. The van der Waals surface area contributed by atoms with Crippen LogP contribution in [0.1, 0.15) is 18.4 Å². The van der Waals surface area contributed by atoms with E-state index in [0.717, 1.165) is 24.9 Å². The van der Waals surface area contributed by atoms with Gasteiger partial charge in [0.05, 0.1) is 6.61 Å². The van der Waals surface area contributed by atoms with E-state index in [1.54, 1.807) is 6.20 Å². The Kier molecular flexibility index (Phi) is 3.97. The Balaban J connectivity index is 2.08. The summed E-state index contributed by atoms with van der Waals surface area (Å²) in [5.41, 5.74) is 0.853. The lowest BCUT2D eigenvalue weighted by molar-refractivity contribution is 0.153. The summed E-state index contributed by atoms with van der Waals surface area (Å²) >= 11 is 11.6. The molecule has 0 amide bonds. The van der Waals surface area contributed by atoms with Gasteiger partial charge in [-0.25, -0.2) is 9.97 Å². The number of nitrogens with zero attached hydrogens (tertiary/aromatic N) is 3. The molecule has 1 aromatic heterocycles. The van der Waals surface area contributed by atoms with Crippen molar-refractivity contribution in [1.82, 2.24) is 14.9 Å². The molecule has 1 aromatic rings. The van der Waals surface area contributed by atoms with E-state index in [4.69, 9.17) is 23.2 Å². The van der Waals surface area contributed by atoms with E-state index in [1.165, 1.54) is 0 Å². The molecule has 2 rings (SSSR count). The van der Waals surface area contributed by atoms with E-state index in [-0.39, 0.29) is 17.9 Å². The Morgan fingerprint density at radius 3 is 3.00 bits per heavy atom. The van der Waals surface area contributed by atoms with Crippen LogP contribution < -0.4 is 0 Å². The number of halogens is 2. The molecule has 6 heteroatoms. The molecule has 4 nitrogen and oxygen atoms in total. The molecule has 0 unspecified atom stereocenters. The number of aromatic nitrogens is 2. The molecule has 0 bridgehead atoms. The molecule has 1 atom stereocenters.